The zero-order valence-corrected chi connectivity index (χ0v) is 15.8. The number of carbonyl (C=O) groups is 3. The quantitative estimate of drug-likeness (QED) is 0.743. The van der Waals surface area contributed by atoms with E-state index in [9.17, 15) is 23.2 Å². The standard InChI is InChI=1S/C20H17F2N3O5/c1-20(11-2-3-15-16(6-11)30-5-4-29-15)18(27)25(19(28)24-20)10-17(26)23-14-8-12(21)7-13(22)9-14/h2-3,6-9H,4-5,10H2,1H3,(H,23,26)(H,24,28)/t20-/m1/s1. The van der Waals surface area contributed by atoms with Gasteiger partial charge in [0.2, 0.25) is 5.91 Å². The molecule has 2 aliphatic heterocycles. The van der Waals surface area contributed by atoms with Crippen LogP contribution in [0.2, 0.25) is 0 Å². The minimum Gasteiger partial charge on any atom is -0.486 e. The summed E-state index contributed by atoms with van der Waals surface area (Å²) < 4.78 is 37.5. The van der Waals surface area contributed by atoms with Crippen molar-refractivity contribution >= 4 is 23.5 Å². The predicted octanol–water partition coefficient (Wildman–Crippen LogP) is 2.14. The number of fused-ring (bicyclic) bond motifs is 1. The zero-order valence-electron chi connectivity index (χ0n) is 15.8. The molecule has 8 nitrogen and oxygen atoms in total. The lowest BCUT2D eigenvalue weighted by atomic mass is 9.91. The van der Waals surface area contributed by atoms with Crippen LogP contribution in [0.1, 0.15) is 12.5 Å². The highest BCUT2D eigenvalue weighted by atomic mass is 19.1. The summed E-state index contributed by atoms with van der Waals surface area (Å²) in [5.74, 6) is -2.19. The van der Waals surface area contributed by atoms with E-state index in [1.54, 1.807) is 18.2 Å². The molecule has 156 valence electrons. The van der Waals surface area contributed by atoms with Crippen molar-refractivity contribution in [3.63, 3.8) is 0 Å². The molecule has 2 aromatic rings. The molecule has 1 atom stereocenters. The molecule has 1 fully saturated rings. The molecule has 2 heterocycles. The first-order valence-corrected chi connectivity index (χ1v) is 9.06. The van der Waals surface area contributed by atoms with E-state index in [2.05, 4.69) is 10.6 Å². The van der Waals surface area contributed by atoms with Crippen molar-refractivity contribution in [3.05, 3.63) is 53.6 Å². The molecule has 0 radical (unpaired) electrons. The molecular formula is C20H17F2N3O5. The van der Waals surface area contributed by atoms with Crippen LogP contribution >= 0.6 is 0 Å². The minimum atomic E-state index is -1.42. The number of rotatable bonds is 4. The highest BCUT2D eigenvalue weighted by Gasteiger charge is 2.49. The Morgan fingerprint density at radius 2 is 1.77 bits per heavy atom. The molecular weight excluding hydrogens is 400 g/mol. The van der Waals surface area contributed by atoms with Gasteiger partial charge in [0.1, 0.15) is 36.9 Å². The maximum absolute atomic E-state index is 13.3. The molecule has 4 amide bonds. The third-order valence-corrected chi connectivity index (χ3v) is 4.84. The number of benzene rings is 2. The van der Waals surface area contributed by atoms with Crippen LogP contribution in [0.15, 0.2) is 36.4 Å². The lowest BCUT2D eigenvalue weighted by molar-refractivity contribution is -0.133. The Bertz CT molecular complexity index is 1040. The Hall–Kier alpha value is -3.69. The average Bonchev–Trinajstić information content (AvgIpc) is 2.91. The third kappa shape index (κ3) is 3.51. The normalized spacial score (nSPS) is 20.2. The van der Waals surface area contributed by atoms with Crippen LogP contribution in [0.5, 0.6) is 11.5 Å². The molecule has 0 aliphatic carbocycles. The molecule has 0 unspecified atom stereocenters. The average molecular weight is 417 g/mol. The SMILES string of the molecule is C[C@]1(c2ccc3c(c2)OCCO3)NC(=O)N(CC(=O)Nc2cc(F)cc(F)c2)C1=O. The van der Waals surface area contributed by atoms with Crippen LogP contribution in [0.4, 0.5) is 19.3 Å². The van der Waals surface area contributed by atoms with E-state index in [1.165, 1.54) is 6.92 Å². The molecule has 4 rings (SSSR count). The number of hydrogen-bond donors (Lipinski definition) is 2. The summed E-state index contributed by atoms with van der Waals surface area (Å²) >= 11 is 0. The number of ether oxygens (including phenoxy) is 2. The Labute approximate surface area is 169 Å². The summed E-state index contributed by atoms with van der Waals surface area (Å²) in [6, 6.07) is 6.61. The van der Waals surface area contributed by atoms with Gasteiger partial charge in [-0.25, -0.2) is 13.6 Å². The molecule has 30 heavy (non-hydrogen) atoms. The fourth-order valence-corrected chi connectivity index (χ4v) is 3.36. The number of anilines is 1. The van der Waals surface area contributed by atoms with E-state index >= 15 is 0 Å². The predicted molar refractivity (Wildman–Crippen MR) is 100 cm³/mol. The van der Waals surface area contributed by atoms with Gasteiger partial charge in [-0.15, -0.1) is 0 Å². The second kappa shape index (κ2) is 7.29. The van der Waals surface area contributed by atoms with Crippen molar-refractivity contribution in [2.45, 2.75) is 12.5 Å². The van der Waals surface area contributed by atoms with E-state index in [0.717, 1.165) is 17.0 Å². The second-order valence-electron chi connectivity index (χ2n) is 7.01. The van der Waals surface area contributed by atoms with E-state index in [1.807, 2.05) is 0 Å². The van der Waals surface area contributed by atoms with Gasteiger partial charge in [-0.2, -0.15) is 0 Å². The minimum absolute atomic E-state index is 0.126. The highest BCUT2D eigenvalue weighted by molar-refractivity contribution is 6.10. The zero-order chi connectivity index (χ0) is 21.5. The number of imide groups is 1. The fourth-order valence-electron chi connectivity index (χ4n) is 3.36. The number of amides is 4. The molecule has 2 aliphatic rings. The number of nitrogens with zero attached hydrogens (tertiary/aromatic N) is 1. The summed E-state index contributed by atoms with van der Waals surface area (Å²) in [5, 5.41) is 4.85. The lowest BCUT2D eigenvalue weighted by Gasteiger charge is -2.25. The van der Waals surface area contributed by atoms with E-state index in [-0.39, 0.29) is 5.69 Å². The van der Waals surface area contributed by atoms with Crippen LogP contribution in [-0.2, 0) is 15.1 Å². The number of carbonyl (C=O) groups excluding carboxylic acids is 3. The molecule has 2 N–H and O–H groups in total. The van der Waals surface area contributed by atoms with E-state index in [0.29, 0.717) is 36.3 Å². The van der Waals surface area contributed by atoms with Crippen LogP contribution < -0.4 is 20.1 Å². The van der Waals surface area contributed by atoms with Gasteiger partial charge in [0.15, 0.2) is 11.5 Å². The van der Waals surface area contributed by atoms with Gasteiger partial charge >= 0.3 is 6.03 Å². The van der Waals surface area contributed by atoms with Gasteiger partial charge < -0.3 is 20.1 Å². The monoisotopic (exact) mass is 417 g/mol. The fraction of sp³-hybridized carbons (Fsp3) is 0.250. The first-order chi connectivity index (χ1) is 14.3. The van der Waals surface area contributed by atoms with Crippen molar-refractivity contribution < 1.29 is 32.6 Å². The smallest absolute Gasteiger partial charge is 0.325 e. The lowest BCUT2D eigenvalue weighted by Crippen LogP contribution is -2.42. The molecule has 10 heteroatoms. The molecule has 1 saturated heterocycles. The first-order valence-electron chi connectivity index (χ1n) is 9.06. The summed E-state index contributed by atoms with van der Waals surface area (Å²) in [6.07, 6.45) is 0. The second-order valence-corrected chi connectivity index (χ2v) is 7.01. The van der Waals surface area contributed by atoms with Gasteiger partial charge in [0.05, 0.1) is 0 Å². The topological polar surface area (TPSA) is 97.0 Å². The molecule has 0 bridgehead atoms. The number of halogens is 2. The number of hydrogen-bond acceptors (Lipinski definition) is 5. The molecule has 0 aromatic heterocycles. The summed E-state index contributed by atoms with van der Waals surface area (Å²) in [4.78, 5) is 38.4. The van der Waals surface area contributed by atoms with Crippen molar-refractivity contribution in [1.82, 2.24) is 10.2 Å². The van der Waals surface area contributed by atoms with Crippen molar-refractivity contribution in [3.8, 4) is 11.5 Å². The number of urea groups is 1. The summed E-state index contributed by atoms with van der Waals surface area (Å²) in [6.45, 7) is 1.67. The Kier molecular flexibility index (Phi) is 4.76. The van der Waals surface area contributed by atoms with Gasteiger partial charge in [-0.05, 0) is 36.8 Å². The van der Waals surface area contributed by atoms with Gasteiger partial charge in [0.25, 0.3) is 5.91 Å². The summed E-state index contributed by atoms with van der Waals surface area (Å²) in [5.41, 5.74) is -1.09. The van der Waals surface area contributed by atoms with E-state index in [4.69, 9.17) is 9.47 Å². The maximum atomic E-state index is 13.3. The highest BCUT2D eigenvalue weighted by Crippen LogP contribution is 2.36. The Morgan fingerprint density at radius 1 is 1.10 bits per heavy atom. The van der Waals surface area contributed by atoms with Gasteiger partial charge in [-0.3, -0.25) is 14.5 Å². The van der Waals surface area contributed by atoms with Crippen LogP contribution in [0, 0.1) is 11.6 Å². The van der Waals surface area contributed by atoms with Crippen LogP contribution in [-0.4, -0.2) is 42.5 Å². The Balaban J connectivity index is 1.51. The van der Waals surface area contributed by atoms with Crippen molar-refractivity contribution in [1.29, 1.82) is 0 Å². The van der Waals surface area contributed by atoms with Crippen molar-refractivity contribution in [2.24, 2.45) is 0 Å². The molecule has 0 saturated carbocycles. The largest absolute Gasteiger partial charge is 0.486 e. The first kappa shape index (κ1) is 19.6. The van der Waals surface area contributed by atoms with Gasteiger partial charge in [-0.1, -0.05) is 6.07 Å². The molecule has 2 aromatic carbocycles. The van der Waals surface area contributed by atoms with Crippen molar-refractivity contribution in [2.75, 3.05) is 25.1 Å². The maximum Gasteiger partial charge on any atom is 0.325 e. The van der Waals surface area contributed by atoms with E-state index < -0.39 is 41.6 Å². The van der Waals surface area contributed by atoms with Crippen LogP contribution in [0.3, 0.4) is 0 Å². The third-order valence-electron chi connectivity index (χ3n) is 4.84. The molecule has 0 spiro atoms. The Morgan fingerprint density at radius 3 is 2.47 bits per heavy atom. The number of nitrogens with one attached hydrogen (secondary N) is 2. The summed E-state index contributed by atoms with van der Waals surface area (Å²) in [7, 11) is 0. The van der Waals surface area contributed by atoms with Gasteiger partial charge in [0, 0.05) is 11.8 Å². The van der Waals surface area contributed by atoms with Crippen LogP contribution in [0.25, 0.3) is 0 Å².